The van der Waals surface area contributed by atoms with Gasteiger partial charge in [0.2, 0.25) is 0 Å². The van der Waals surface area contributed by atoms with E-state index in [0.29, 0.717) is 0 Å². The number of hydrogen-bond acceptors (Lipinski definition) is 3. The van der Waals surface area contributed by atoms with Crippen LogP contribution in [-0.4, -0.2) is 47.6 Å². The minimum absolute atomic E-state index is 0.763. The van der Waals surface area contributed by atoms with E-state index in [1.165, 1.54) is 51.1 Å². The number of hydrogen-bond donors (Lipinski definition) is 1. The summed E-state index contributed by atoms with van der Waals surface area (Å²) in [6.45, 7) is 8.60. The Labute approximate surface area is 105 Å². The van der Waals surface area contributed by atoms with Crippen LogP contribution in [0.15, 0.2) is 0 Å². The van der Waals surface area contributed by atoms with Crippen LogP contribution in [0.2, 0.25) is 0 Å². The van der Waals surface area contributed by atoms with E-state index in [1.807, 2.05) is 0 Å². The maximum absolute atomic E-state index is 3.67. The van der Waals surface area contributed by atoms with E-state index in [0.717, 1.165) is 17.3 Å². The molecule has 2 heterocycles. The highest BCUT2D eigenvalue weighted by atomic mass is 32.2. The van der Waals surface area contributed by atoms with Crippen molar-refractivity contribution in [2.75, 3.05) is 25.4 Å². The highest BCUT2D eigenvalue weighted by Gasteiger charge is 2.24. The van der Waals surface area contributed by atoms with Gasteiger partial charge in [0.05, 0.1) is 0 Å². The quantitative estimate of drug-likeness (QED) is 0.818. The van der Waals surface area contributed by atoms with Crippen LogP contribution in [0.25, 0.3) is 0 Å². The zero-order chi connectivity index (χ0) is 11.4. The van der Waals surface area contributed by atoms with E-state index in [2.05, 4.69) is 35.8 Å². The van der Waals surface area contributed by atoms with Gasteiger partial charge in [-0.05, 0) is 32.7 Å². The van der Waals surface area contributed by atoms with Gasteiger partial charge in [0.15, 0.2) is 0 Å². The average molecular weight is 242 g/mol. The van der Waals surface area contributed by atoms with Gasteiger partial charge in [0, 0.05) is 36.2 Å². The summed E-state index contributed by atoms with van der Waals surface area (Å²) in [7, 11) is 0. The monoisotopic (exact) mass is 242 g/mol. The van der Waals surface area contributed by atoms with Crippen molar-refractivity contribution in [3.05, 3.63) is 0 Å². The SMILES string of the molecule is CC1CN(C(C)CC2CCCCN2)CCS1. The summed E-state index contributed by atoms with van der Waals surface area (Å²) in [5, 5.41) is 4.50. The minimum atomic E-state index is 0.763. The summed E-state index contributed by atoms with van der Waals surface area (Å²) in [4.78, 5) is 2.69. The Bertz CT molecular complexity index is 204. The molecule has 2 nitrogen and oxygen atoms in total. The molecule has 3 unspecified atom stereocenters. The molecule has 2 fully saturated rings. The van der Waals surface area contributed by atoms with Crippen molar-refractivity contribution in [1.82, 2.24) is 10.2 Å². The van der Waals surface area contributed by atoms with E-state index < -0.39 is 0 Å². The predicted molar refractivity (Wildman–Crippen MR) is 73.2 cm³/mol. The van der Waals surface area contributed by atoms with Gasteiger partial charge >= 0.3 is 0 Å². The number of nitrogens with one attached hydrogen (secondary N) is 1. The third-order valence-electron chi connectivity index (χ3n) is 3.93. The van der Waals surface area contributed by atoms with Crippen molar-refractivity contribution in [3.8, 4) is 0 Å². The molecule has 3 heteroatoms. The molecular formula is C13H26N2S. The molecule has 16 heavy (non-hydrogen) atoms. The van der Waals surface area contributed by atoms with Crippen LogP contribution >= 0.6 is 11.8 Å². The lowest BCUT2D eigenvalue weighted by Crippen LogP contribution is -2.46. The molecule has 1 N–H and O–H groups in total. The van der Waals surface area contributed by atoms with Crippen molar-refractivity contribution in [2.24, 2.45) is 0 Å². The van der Waals surface area contributed by atoms with Gasteiger partial charge in [-0.25, -0.2) is 0 Å². The number of thioether (sulfide) groups is 1. The van der Waals surface area contributed by atoms with Crippen LogP contribution < -0.4 is 5.32 Å². The molecule has 2 saturated heterocycles. The molecule has 0 spiro atoms. The van der Waals surface area contributed by atoms with Gasteiger partial charge in [-0.1, -0.05) is 13.3 Å². The minimum Gasteiger partial charge on any atom is -0.314 e. The fourth-order valence-electron chi connectivity index (χ4n) is 2.93. The third-order valence-corrected chi connectivity index (χ3v) is 5.07. The molecule has 2 aliphatic rings. The summed E-state index contributed by atoms with van der Waals surface area (Å²) < 4.78 is 0. The number of rotatable bonds is 3. The van der Waals surface area contributed by atoms with Crippen LogP contribution in [0.1, 0.15) is 39.5 Å². The molecule has 2 aliphatic heterocycles. The molecule has 0 amide bonds. The van der Waals surface area contributed by atoms with Gasteiger partial charge in [-0.2, -0.15) is 11.8 Å². The Morgan fingerprint density at radius 1 is 1.44 bits per heavy atom. The van der Waals surface area contributed by atoms with Gasteiger partial charge < -0.3 is 5.32 Å². The Morgan fingerprint density at radius 2 is 2.31 bits per heavy atom. The van der Waals surface area contributed by atoms with Gasteiger partial charge in [-0.3, -0.25) is 4.90 Å². The Balaban J connectivity index is 1.75. The molecule has 2 rings (SSSR count). The summed E-state index contributed by atoms with van der Waals surface area (Å²) in [5.74, 6) is 1.32. The first-order valence-corrected chi connectivity index (χ1v) is 7.89. The second-order valence-electron chi connectivity index (χ2n) is 5.41. The first-order valence-electron chi connectivity index (χ1n) is 6.84. The molecule has 94 valence electrons. The zero-order valence-corrected chi connectivity index (χ0v) is 11.6. The summed E-state index contributed by atoms with van der Waals surface area (Å²) >= 11 is 2.13. The lowest BCUT2D eigenvalue weighted by Gasteiger charge is -2.37. The molecule has 0 aliphatic carbocycles. The molecule has 0 radical (unpaired) electrons. The Kier molecular flexibility index (Phi) is 4.98. The summed E-state index contributed by atoms with van der Waals surface area (Å²) in [5.41, 5.74) is 0. The van der Waals surface area contributed by atoms with Crippen molar-refractivity contribution in [3.63, 3.8) is 0 Å². The number of piperidine rings is 1. The van der Waals surface area contributed by atoms with Gasteiger partial charge in [0.1, 0.15) is 0 Å². The van der Waals surface area contributed by atoms with Gasteiger partial charge in [0.25, 0.3) is 0 Å². The summed E-state index contributed by atoms with van der Waals surface area (Å²) in [6.07, 6.45) is 5.54. The smallest absolute Gasteiger partial charge is 0.0147 e. The van der Waals surface area contributed by atoms with Crippen molar-refractivity contribution < 1.29 is 0 Å². The fourth-order valence-corrected chi connectivity index (χ4v) is 3.97. The maximum Gasteiger partial charge on any atom is 0.0147 e. The first-order chi connectivity index (χ1) is 7.75. The van der Waals surface area contributed by atoms with E-state index in [-0.39, 0.29) is 0 Å². The highest BCUT2D eigenvalue weighted by molar-refractivity contribution is 7.99. The first kappa shape index (κ1) is 12.7. The van der Waals surface area contributed by atoms with Crippen LogP contribution in [0, 0.1) is 0 Å². The third kappa shape index (κ3) is 3.64. The normalized spacial score (nSPS) is 34.9. The molecule has 0 aromatic rings. The van der Waals surface area contributed by atoms with E-state index in [9.17, 15) is 0 Å². The van der Waals surface area contributed by atoms with Crippen LogP contribution in [0.4, 0.5) is 0 Å². The van der Waals surface area contributed by atoms with Crippen LogP contribution in [0.5, 0.6) is 0 Å². The molecule has 3 atom stereocenters. The molecule has 0 bridgehead atoms. The van der Waals surface area contributed by atoms with E-state index >= 15 is 0 Å². The maximum atomic E-state index is 3.67. The Hall–Kier alpha value is 0.270. The zero-order valence-electron chi connectivity index (χ0n) is 10.7. The Morgan fingerprint density at radius 3 is 3.00 bits per heavy atom. The molecule has 0 saturated carbocycles. The topological polar surface area (TPSA) is 15.3 Å². The number of nitrogens with zero attached hydrogens (tertiary/aromatic N) is 1. The molecular weight excluding hydrogens is 216 g/mol. The largest absolute Gasteiger partial charge is 0.314 e. The lowest BCUT2D eigenvalue weighted by atomic mass is 9.98. The molecule has 0 aromatic carbocycles. The highest BCUT2D eigenvalue weighted by Crippen LogP contribution is 2.22. The van der Waals surface area contributed by atoms with E-state index in [1.54, 1.807) is 0 Å². The fraction of sp³-hybridized carbons (Fsp3) is 1.00. The standard InChI is InChI=1S/C13H26N2S/c1-11(9-13-5-3-4-6-14-13)15-7-8-16-12(2)10-15/h11-14H,3-10H2,1-2H3. The predicted octanol–water partition coefficient (Wildman–Crippen LogP) is 2.34. The van der Waals surface area contributed by atoms with Crippen LogP contribution in [-0.2, 0) is 0 Å². The molecule has 0 aromatic heterocycles. The second-order valence-corrected chi connectivity index (χ2v) is 6.95. The average Bonchev–Trinajstić information content (AvgIpc) is 2.30. The second kappa shape index (κ2) is 6.27. The van der Waals surface area contributed by atoms with E-state index in [4.69, 9.17) is 0 Å². The summed E-state index contributed by atoms with van der Waals surface area (Å²) in [6, 6.07) is 1.55. The van der Waals surface area contributed by atoms with Crippen molar-refractivity contribution in [1.29, 1.82) is 0 Å². The van der Waals surface area contributed by atoms with Crippen molar-refractivity contribution in [2.45, 2.75) is 56.9 Å². The lowest BCUT2D eigenvalue weighted by molar-refractivity contribution is 0.187. The van der Waals surface area contributed by atoms with Crippen LogP contribution in [0.3, 0.4) is 0 Å². The van der Waals surface area contributed by atoms with Gasteiger partial charge in [-0.15, -0.1) is 0 Å². The van der Waals surface area contributed by atoms with Crippen molar-refractivity contribution >= 4 is 11.8 Å².